The van der Waals surface area contributed by atoms with Crippen LogP contribution in [0, 0.1) is 0 Å². The van der Waals surface area contributed by atoms with Crippen molar-refractivity contribution < 1.29 is 0 Å². The molecule has 3 heteroatoms. The van der Waals surface area contributed by atoms with Crippen molar-refractivity contribution in [1.82, 2.24) is 4.98 Å². The van der Waals surface area contributed by atoms with Gasteiger partial charge in [-0.3, -0.25) is 0 Å². The Balaban J connectivity index is 2.05. The zero-order valence-electron chi connectivity index (χ0n) is 8.73. The summed E-state index contributed by atoms with van der Waals surface area (Å²) in [5.41, 5.74) is 2.45. The van der Waals surface area contributed by atoms with Gasteiger partial charge in [0.15, 0.2) is 5.13 Å². The molecule has 15 heavy (non-hydrogen) atoms. The summed E-state index contributed by atoms with van der Waals surface area (Å²) in [4.78, 5) is 4.50. The van der Waals surface area contributed by atoms with Crippen LogP contribution in [-0.2, 0) is 6.42 Å². The number of hydrogen-bond acceptors (Lipinski definition) is 3. The van der Waals surface area contributed by atoms with Gasteiger partial charge in [-0.2, -0.15) is 0 Å². The molecule has 0 aliphatic carbocycles. The van der Waals surface area contributed by atoms with E-state index in [1.807, 2.05) is 6.07 Å². The van der Waals surface area contributed by atoms with Crippen LogP contribution in [0.4, 0.5) is 5.13 Å². The van der Waals surface area contributed by atoms with E-state index in [2.05, 4.69) is 46.9 Å². The SMILES string of the molecule is CCNc1nc(Cc2ccccc2)cs1. The van der Waals surface area contributed by atoms with Gasteiger partial charge in [0.25, 0.3) is 0 Å². The van der Waals surface area contributed by atoms with Gasteiger partial charge in [-0.1, -0.05) is 30.3 Å². The fourth-order valence-corrected chi connectivity index (χ4v) is 2.21. The third-order valence-electron chi connectivity index (χ3n) is 2.11. The predicted octanol–water partition coefficient (Wildman–Crippen LogP) is 3.17. The molecular formula is C12H14N2S. The van der Waals surface area contributed by atoms with Crippen molar-refractivity contribution >= 4 is 16.5 Å². The first-order valence-electron chi connectivity index (χ1n) is 5.10. The molecule has 0 unspecified atom stereocenters. The molecule has 0 saturated heterocycles. The van der Waals surface area contributed by atoms with E-state index < -0.39 is 0 Å². The maximum absolute atomic E-state index is 4.50. The molecule has 1 aromatic carbocycles. The molecule has 0 bridgehead atoms. The molecule has 0 radical (unpaired) electrons. The van der Waals surface area contributed by atoms with Gasteiger partial charge in [-0.05, 0) is 12.5 Å². The number of rotatable bonds is 4. The smallest absolute Gasteiger partial charge is 0.182 e. The Labute approximate surface area is 94.0 Å². The first-order valence-corrected chi connectivity index (χ1v) is 5.98. The highest BCUT2D eigenvalue weighted by atomic mass is 32.1. The first-order chi connectivity index (χ1) is 7.38. The lowest BCUT2D eigenvalue weighted by atomic mass is 10.1. The van der Waals surface area contributed by atoms with Crippen LogP contribution < -0.4 is 5.32 Å². The first kappa shape index (κ1) is 10.2. The highest BCUT2D eigenvalue weighted by Gasteiger charge is 2.01. The second-order valence-corrected chi connectivity index (χ2v) is 4.19. The van der Waals surface area contributed by atoms with E-state index in [9.17, 15) is 0 Å². The fourth-order valence-electron chi connectivity index (χ4n) is 1.43. The van der Waals surface area contributed by atoms with Gasteiger partial charge in [0.2, 0.25) is 0 Å². The Morgan fingerprint density at radius 2 is 2.07 bits per heavy atom. The van der Waals surface area contributed by atoms with Crippen molar-refractivity contribution in [3.8, 4) is 0 Å². The summed E-state index contributed by atoms with van der Waals surface area (Å²) in [5.74, 6) is 0. The van der Waals surface area contributed by atoms with Crippen LogP contribution in [0.1, 0.15) is 18.2 Å². The number of aromatic nitrogens is 1. The summed E-state index contributed by atoms with van der Waals surface area (Å²) in [5, 5.41) is 6.35. The van der Waals surface area contributed by atoms with Crippen LogP contribution in [0.2, 0.25) is 0 Å². The largest absolute Gasteiger partial charge is 0.362 e. The van der Waals surface area contributed by atoms with Crippen LogP contribution in [0.15, 0.2) is 35.7 Å². The number of nitrogens with zero attached hydrogens (tertiary/aromatic N) is 1. The molecular weight excluding hydrogens is 204 g/mol. The lowest BCUT2D eigenvalue weighted by Crippen LogP contribution is -1.96. The molecule has 1 aromatic heterocycles. The van der Waals surface area contributed by atoms with E-state index in [0.29, 0.717) is 0 Å². The third kappa shape index (κ3) is 2.80. The minimum Gasteiger partial charge on any atom is -0.362 e. The van der Waals surface area contributed by atoms with E-state index in [-0.39, 0.29) is 0 Å². The van der Waals surface area contributed by atoms with E-state index >= 15 is 0 Å². The topological polar surface area (TPSA) is 24.9 Å². The Hall–Kier alpha value is -1.35. The fraction of sp³-hybridized carbons (Fsp3) is 0.250. The van der Waals surface area contributed by atoms with Gasteiger partial charge in [0, 0.05) is 18.3 Å². The highest BCUT2D eigenvalue weighted by molar-refractivity contribution is 7.13. The van der Waals surface area contributed by atoms with Crippen LogP contribution in [0.25, 0.3) is 0 Å². The number of nitrogens with one attached hydrogen (secondary N) is 1. The molecule has 0 aliphatic rings. The summed E-state index contributed by atoms with van der Waals surface area (Å²) in [7, 11) is 0. The Morgan fingerprint density at radius 1 is 1.27 bits per heavy atom. The molecule has 2 rings (SSSR count). The van der Waals surface area contributed by atoms with Crippen molar-refractivity contribution in [2.45, 2.75) is 13.3 Å². The van der Waals surface area contributed by atoms with Crippen molar-refractivity contribution in [1.29, 1.82) is 0 Å². The van der Waals surface area contributed by atoms with Crippen LogP contribution in [-0.4, -0.2) is 11.5 Å². The molecule has 0 spiro atoms. The molecule has 1 heterocycles. The second-order valence-electron chi connectivity index (χ2n) is 3.34. The standard InChI is InChI=1S/C12H14N2S/c1-2-13-12-14-11(9-15-12)8-10-6-4-3-5-7-10/h3-7,9H,2,8H2,1H3,(H,13,14). The normalized spacial score (nSPS) is 10.2. The van der Waals surface area contributed by atoms with Crippen LogP contribution >= 0.6 is 11.3 Å². The average Bonchev–Trinajstić information content (AvgIpc) is 2.68. The Bertz CT molecular complexity index is 409. The molecule has 1 N–H and O–H groups in total. The van der Waals surface area contributed by atoms with Crippen molar-refractivity contribution in [2.75, 3.05) is 11.9 Å². The Morgan fingerprint density at radius 3 is 2.80 bits per heavy atom. The van der Waals surface area contributed by atoms with Crippen LogP contribution in [0.5, 0.6) is 0 Å². The molecule has 2 nitrogen and oxygen atoms in total. The zero-order valence-corrected chi connectivity index (χ0v) is 9.55. The van der Waals surface area contributed by atoms with Crippen molar-refractivity contribution in [3.63, 3.8) is 0 Å². The van der Waals surface area contributed by atoms with E-state index in [4.69, 9.17) is 0 Å². The summed E-state index contributed by atoms with van der Waals surface area (Å²) in [6, 6.07) is 10.4. The molecule has 0 saturated carbocycles. The second kappa shape index (κ2) is 4.94. The molecule has 0 aliphatic heterocycles. The summed E-state index contributed by atoms with van der Waals surface area (Å²) in [6.07, 6.45) is 0.919. The van der Waals surface area contributed by atoms with E-state index in [1.54, 1.807) is 11.3 Å². The number of anilines is 1. The van der Waals surface area contributed by atoms with Gasteiger partial charge in [0.1, 0.15) is 0 Å². The number of hydrogen-bond donors (Lipinski definition) is 1. The molecule has 2 aromatic rings. The monoisotopic (exact) mass is 218 g/mol. The van der Waals surface area contributed by atoms with Crippen LogP contribution in [0.3, 0.4) is 0 Å². The maximum atomic E-state index is 4.50. The Kier molecular flexibility index (Phi) is 3.35. The highest BCUT2D eigenvalue weighted by Crippen LogP contribution is 2.17. The molecule has 0 amide bonds. The summed E-state index contributed by atoms with van der Waals surface area (Å²) >= 11 is 1.67. The average molecular weight is 218 g/mol. The predicted molar refractivity (Wildman–Crippen MR) is 65.5 cm³/mol. The van der Waals surface area contributed by atoms with Crippen molar-refractivity contribution in [3.05, 3.63) is 47.0 Å². The van der Waals surface area contributed by atoms with E-state index in [0.717, 1.165) is 23.8 Å². The minimum absolute atomic E-state index is 0.919. The summed E-state index contributed by atoms with van der Waals surface area (Å²) in [6.45, 7) is 3.01. The lowest BCUT2D eigenvalue weighted by molar-refractivity contribution is 1.09. The van der Waals surface area contributed by atoms with Gasteiger partial charge in [0.05, 0.1) is 5.69 Å². The van der Waals surface area contributed by atoms with Gasteiger partial charge >= 0.3 is 0 Å². The van der Waals surface area contributed by atoms with Gasteiger partial charge in [-0.15, -0.1) is 11.3 Å². The molecule has 78 valence electrons. The maximum Gasteiger partial charge on any atom is 0.182 e. The lowest BCUT2D eigenvalue weighted by Gasteiger charge is -1.97. The minimum atomic E-state index is 0.919. The summed E-state index contributed by atoms with van der Waals surface area (Å²) < 4.78 is 0. The van der Waals surface area contributed by atoms with Gasteiger partial charge in [-0.25, -0.2) is 4.98 Å². The number of benzene rings is 1. The van der Waals surface area contributed by atoms with E-state index in [1.165, 1.54) is 5.56 Å². The zero-order chi connectivity index (χ0) is 10.5. The third-order valence-corrected chi connectivity index (χ3v) is 2.96. The van der Waals surface area contributed by atoms with Crippen molar-refractivity contribution in [2.24, 2.45) is 0 Å². The quantitative estimate of drug-likeness (QED) is 0.852. The molecule has 0 fully saturated rings. The molecule has 0 atom stereocenters. The van der Waals surface area contributed by atoms with Gasteiger partial charge < -0.3 is 5.32 Å². The number of thiazole rings is 1.